The first-order valence-corrected chi connectivity index (χ1v) is 25.2. The standard InChI is InChI=1S/C53H96O5/c1-4-7-10-13-16-19-21-23-25-26-27-28-30-31-33-35-37-40-43-46-52(54)57-50-51(49-56-48-45-42-39-18-15-12-9-6-3)58-53(55)47-44-41-38-36-34-32-29-24-22-20-17-14-11-8-5-2/h8,11,17,20,24,29,34,36,51H,4-7,9-10,12-16,18-19,21-23,25-28,30-33,35,37-50H2,1-3H3/b11-8-,20-17-,29-24-,36-34-. The maximum Gasteiger partial charge on any atom is 0.306 e. The molecule has 0 aromatic carbocycles. The molecule has 0 saturated carbocycles. The Morgan fingerprint density at radius 1 is 0.397 bits per heavy atom. The number of allylic oxidation sites excluding steroid dienone is 8. The summed E-state index contributed by atoms with van der Waals surface area (Å²) in [6, 6.07) is 0. The van der Waals surface area contributed by atoms with Gasteiger partial charge in [-0.15, -0.1) is 0 Å². The van der Waals surface area contributed by atoms with Crippen LogP contribution in [-0.4, -0.2) is 37.9 Å². The Kier molecular flexibility index (Phi) is 47.4. The number of ether oxygens (including phenoxy) is 3. The topological polar surface area (TPSA) is 61.8 Å². The van der Waals surface area contributed by atoms with Crippen molar-refractivity contribution in [3.8, 4) is 0 Å². The number of hydrogen-bond donors (Lipinski definition) is 0. The molecular formula is C53H96O5. The zero-order valence-corrected chi connectivity index (χ0v) is 38.8. The lowest BCUT2D eigenvalue weighted by molar-refractivity contribution is -0.163. The molecule has 338 valence electrons. The molecule has 0 fully saturated rings. The maximum absolute atomic E-state index is 12.7. The number of rotatable bonds is 46. The molecule has 0 bridgehead atoms. The lowest BCUT2D eigenvalue weighted by Crippen LogP contribution is -2.30. The highest BCUT2D eigenvalue weighted by Crippen LogP contribution is 2.16. The van der Waals surface area contributed by atoms with Gasteiger partial charge in [-0.05, 0) is 57.8 Å². The molecule has 0 aliphatic heterocycles. The van der Waals surface area contributed by atoms with Crippen molar-refractivity contribution in [1.82, 2.24) is 0 Å². The van der Waals surface area contributed by atoms with Crippen LogP contribution in [0.5, 0.6) is 0 Å². The number of hydrogen-bond acceptors (Lipinski definition) is 5. The van der Waals surface area contributed by atoms with E-state index in [1.807, 2.05) is 0 Å². The third kappa shape index (κ3) is 46.5. The molecule has 1 atom stereocenters. The molecule has 0 saturated heterocycles. The van der Waals surface area contributed by atoms with Crippen LogP contribution in [0.1, 0.15) is 252 Å². The van der Waals surface area contributed by atoms with Gasteiger partial charge in [0.25, 0.3) is 0 Å². The van der Waals surface area contributed by atoms with Gasteiger partial charge in [0.1, 0.15) is 6.61 Å². The first kappa shape index (κ1) is 55.9. The molecule has 0 aliphatic carbocycles. The normalized spacial score (nSPS) is 12.5. The molecule has 0 heterocycles. The highest BCUT2D eigenvalue weighted by molar-refractivity contribution is 5.70. The van der Waals surface area contributed by atoms with E-state index in [1.165, 1.54) is 148 Å². The number of esters is 2. The number of carbonyl (C=O) groups is 2. The molecule has 0 amide bonds. The number of carbonyl (C=O) groups excluding carboxylic acids is 2. The highest BCUT2D eigenvalue weighted by atomic mass is 16.6. The SMILES string of the molecule is CC/C=C\C/C=C\C/C=C\C/C=C\CCCCC(=O)OC(COCCCCCCCCCC)COC(=O)CCCCCCCCCCCCCCCCCCCCC. The van der Waals surface area contributed by atoms with Gasteiger partial charge >= 0.3 is 11.9 Å². The Morgan fingerprint density at radius 2 is 0.776 bits per heavy atom. The summed E-state index contributed by atoms with van der Waals surface area (Å²) in [4.78, 5) is 25.3. The second-order valence-corrected chi connectivity index (χ2v) is 16.7. The minimum Gasteiger partial charge on any atom is -0.462 e. The van der Waals surface area contributed by atoms with Crippen molar-refractivity contribution in [2.75, 3.05) is 19.8 Å². The van der Waals surface area contributed by atoms with Gasteiger partial charge in [-0.1, -0.05) is 230 Å². The van der Waals surface area contributed by atoms with Gasteiger partial charge in [0.05, 0.1) is 6.61 Å². The molecule has 0 aromatic heterocycles. The van der Waals surface area contributed by atoms with Crippen molar-refractivity contribution in [2.24, 2.45) is 0 Å². The average Bonchev–Trinajstić information content (AvgIpc) is 3.22. The number of unbranched alkanes of at least 4 members (excludes halogenated alkanes) is 27. The lowest BCUT2D eigenvalue weighted by atomic mass is 10.0. The molecule has 5 heteroatoms. The fraction of sp³-hybridized carbons (Fsp3) is 0.811. The van der Waals surface area contributed by atoms with Crippen LogP contribution in [0.3, 0.4) is 0 Å². The first-order valence-electron chi connectivity index (χ1n) is 25.2. The van der Waals surface area contributed by atoms with E-state index in [1.54, 1.807) is 0 Å². The zero-order valence-electron chi connectivity index (χ0n) is 38.8. The van der Waals surface area contributed by atoms with E-state index < -0.39 is 6.10 Å². The van der Waals surface area contributed by atoms with Crippen LogP contribution in [0.15, 0.2) is 48.6 Å². The van der Waals surface area contributed by atoms with E-state index in [0.29, 0.717) is 19.4 Å². The summed E-state index contributed by atoms with van der Waals surface area (Å²) in [7, 11) is 0. The van der Waals surface area contributed by atoms with Gasteiger partial charge in [-0.3, -0.25) is 9.59 Å². The smallest absolute Gasteiger partial charge is 0.306 e. The predicted octanol–water partition coefficient (Wildman–Crippen LogP) is 16.8. The summed E-state index contributed by atoms with van der Waals surface area (Å²) in [6.45, 7) is 7.68. The Morgan fingerprint density at radius 3 is 1.24 bits per heavy atom. The predicted molar refractivity (Wildman–Crippen MR) is 251 cm³/mol. The Labute approximate surface area is 361 Å². The Balaban J connectivity index is 4.16. The summed E-state index contributed by atoms with van der Waals surface area (Å²) in [5, 5.41) is 0. The Bertz CT molecular complexity index is 966. The summed E-state index contributed by atoms with van der Waals surface area (Å²) in [5.41, 5.74) is 0. The van der Waals surface area contributed by atoms with Gasteiger partial charge in [-0.2, -0.15) is 0 Å². The molecule has 0 radical (unpaired) electrons. The van der Waals surface area contributed by atoms with Crippen LogP contribution in [-0.2, 0) is 23.8 Å². The Hall–Kier alpha value is -2.14. The van der Waals surface area contributed by atoms with Gasteiger partial charge in [0.15, 0.2) is 6.10 Å². The first-order chi connectivity index (χ1) is 28.6. The molecule has 5 nitrogen and oxygen atoms in total. The fourth-order valence-electron chi connectivity index (χ4n) is 7.15. The van der Waals surface area contributed by atoms with E-state index in [0.717, 1.165) is 70.6 Å². The summed E-state index contributed by atoms with van der Waals surface area (Å²) < 4.78 is 17.3. The van der Waals surface area contributed by atoms with E-state index in [-0.39, 0.29) is 25.2 Å². The summed E-state index contributed by atoms with van der Waals surface area (Å²) in [5.74, 6) is -0.435. The quantitative estimate of drug-likeness (QED) is 0.0348. The van der Waals surface area contributed by atoms with Crippen molar-refractivity contribution in [3.05, 3.63) is 48.6 Å². The third-order valence-electron chi connectivity index (χ3n) is 10.9. The van der Waals surface area contributed by atoms with E-state index in [2.05, 4.69) is 69.4 Å². The van der Waals surface area contributed by atoms with Crippen LogP contribution in [0.4, 0.5) is 0 Å². The minimum atomic E-state index is -0.551. The van der Waals surface area contributed by atoms with Crippen LogP contribution < -0.4 is 0 Å². The monoisotopic (exact) mass is 813 g/mol. The van der Waals surface area contributed by atoms with Crippen LogP contribution in [0.25, 0.3) is 0 Å². The van der Waals surface area contributed by atoms with E-state index in [9.17, 15) is 9.59 Å². The van der Waals surface area contributed by atoms with Crippen molar-refractivity contribution < 1.29 is 23.8 Å². The molecular weight excluding hydrogens is 717 g/mol. The molecule has 0 rings (SSSR count). The maximum atomic E-state index is 12.7. The molecule has 0 aromatic rings. The van der Waals surface area contributed by atoms with Crippen LogP contribution in [0, 0.1) is 0 Å². The van der Waals surface area contributed by atoms with Crippen molar-refractivity contribution in [3.63, 3.8) is 0 Å². The molecule has 1 unspecified atom stereocenters. The lowest BCUT2D eigenvalue weighted by Gasteiger charge is -2.18. The zero-order chi connectivity index (χ0) is 42.1. The van der Waals surface area contributed by atoms with Gasteiger partial charge in [-0.25, -0.2) is 0 Å². The van der Waals surface area contributed by atoms with Crippen molar-refractivity contribution >= 4 is 11.9 Å². The molecule has 0 aliphatic rings. The highest BCUT2D eigenvalue weighted by Gasteiger charge is 2.17. The molecule has 58 heavy (non-hydrogen) atoms. The van der Waals surface area contributed by atoms with Crippen molar-refractivity contribution in [1.29, 1.82) is 0 Å². The average molecular weight is 813 g/mol. The van der Waals surface area contributed by atoms with Gasteiger partial charge < -0.3 is 14.2 Å². The van der Waals surface area contributed by atoms with Crippen LogP contribution in [0.2, 0.25) is 0 Å². The fourth-order valence-corrected chi connectivity index (χ4v) is 7.15. The van der Waals surface area contributed by atoms with E-state index >= 15 is 0 Å². The van der Waals surface area contributed by atoms with Gasteiger partial charge in [0, 0.05) is 19.4 Å². The second kappa shape index (κ2) is 49.2. The summed E-state index contributed by atoms with van der Waals surface area (Å²) in [6.07, 6.45) is 59.8. The second-order valence-electron chi connectivity index (χ2n) is 16.7. The van der Waals surface area contributed by atoms with Gasteiger partial charge in [0.2, 0.25) is 0 Å². The summed E-state index contributed by atoms with van der Waals surface area (Å²) >= 11 is 0. The largest absolute Gasteiger partial charge is 0.462 e. The minimum absolute atomic E-state index is 0.0725. The van der Waals surface area contributed by atoms with Crippen molar-refractivity contribution in [2.45, 2.75) is 258 Å². The molecule has 0 N–H and O–H groups in total. The molecule has 0 spiro atoms. The van der Waals surface area contributed by atoms with E-state index in [4.69, 9.17) is 14.2 Å². The third-order valence-corrected chi connectivity index (χ3v) is 10.9. The van der Waals surface area contributed by atoms with Crippen LogP contribution >= 0.6 is 0 Å².